The SMILES string of the molecule is CCCOC(CC(=O)ONC=O)(NC1=NCCN1)c1ccno1. The molecule has 0 aromatic carbocycles. The molecule has 1 aromatic rings. The number of guanidine groups is 1. The van der Waals surface area contributed by atoms with Gasteiger partial charge in [-0.25, -0.2) is 4.79 Å². The highest BCUT2D eigenvalue weighted by atomic mass is 16.7. The Labute approximate surface area is 132 Å². The maximum absolute atomic E-state index is 12.0. The van der Waals surface area contributed by atoms with Crippen molar-refractivity contribution in [3.63, 3.8) is 0 Å². The van der Waals surface area contributed by atoms with E-state index in [-0.39, 0.29) is 12.8 Å². The normalized spacial score (nSPS) is 16.0. The van der Waals surface area contributed by atoms with Gasteiger partial charge in [0, 0.05) is 19.2 Å². The zero-order chi connectivity index (χ0) is 16.5. The Morgan fingerprint density at radius 1 is 1.61 bits per heavy atom. The molecule has 2 rings (SSSR count). The fraction of sp³-hybridized carbons (Fsp3) is 0.538. The van der Waals surface area contributed by atoms with Gasteiger partial charge in [-0.05, 0) is 6.42 Å². The number of aliphatic imine (C=N–C) groups is 1. The van der Waals surface area contributed by atoms with Crippen LogP contribution in [0.25, 0.3) is 0 Å². The number of aromatic nitrogens is 1. The van der Waals surface area contributed by atoms with Crippen LogP contribution in [0.5, 0.6) is 0 Å². The number of hydrogen-bond donors (Lipinski definition) is 3. The van der Waals surface area contributed by atoms with Crippen molar-refractivity contribution in [2.24, 2.45) is 4.99 Å². The summed E-state index contributed by atoms with van der Waals surface area (Å²) in [4.78, 5) is 31.1. The molecule has 0 spiro atoms. The Morgan fingerprint density at radius 3 is 3.09 bits per heavy atom. The van der Waals surface area contributed by atoms with Gasteiger partial charge in [-0.1, -0.05) is 12.1 Å². The van der Waals surface area contributed by atoms with Crippen LogP contribution >= 0.6 is 0 Å². The molecule has 10 heteroatoms. The first-order valence-electron chi connectivity index (χ1n) is 7.20. The summed E-state index contributed by atoms with van der Waals surface area (Å²) < 4.78 is 11.0. The van der Waals surface area contributed by atoms with E-state index in [1.165, 1.54) is 6.20 Å². The van der Waals surface area contributed by atoms with E-state index in [2.05, 4.69) is 25.6 Å². The molecule has 0 radical (unpaired) electrons. The number of hydrogen-bond acceptors (Lipinski definition) is 9. The molecule has 1 unspecified atom stereocenters. The molecule has 1 aliphatic rings. The second-order valence-electron chi connectivity index (χ2n) is 4.72. The van der Waals surface area contributed by atoms with E-state index in [1.807, 2.05) is 12.4 Å². The van der Waals surface area contributed by atoms with Crippen molar-refractivity contribution in [1.29, 1.82) is 0 Å². The Bertz CT molecular complexity index is 547. The lowest BCUT2D eigenvalue weighted by Gasteiger charge is -2.32. The third-order valence-electron chi connectivity index (χ3n) is 3.00. The van der Waals surface area contributed by atoms with E-state index in [4.69, 9.17) is 9.26 Å². The Kier molecular flexibility index (Phi) is 5.92. The van der Waals surface area contributed by atoms with Gasteiger partial charge in [0.25, 0.3) is 0 Å². The minimum absolute atomic E-state index is 0.260. The Morgan fingerprint density at radius 2 is 2.48 bits per heavy atom. The van der Waals surface area contributed by atoms with Gasteiger partial charge in [0.05, 0.1) is 12.7 Å². The van der Waals surface area contributed by atoms with Crippen LogP contribution in [-0.4, -0.2) is 43.2 Å². The molecule has 0 aliphatic carbocycles. The van der Waals surface area contributed by atoms with Crippen molar-refractivity contribution >= 4 is 18.3 Å². The highest BCUT2D eigenvalue weighted by Gasteiger charge is 2.41. The van der Waals surface area contributed by atoms with Gasteiger partial charge < -0.3 is 24.7 Å². The molecule has 126 valence electrons. The smallest absolute Gasteiger partial charge is 0.337 e. The summed E-state index contributed by atoms with van der Waals surface area (Å²) in [5.41, 5.74) is 0.517. The van der Waals surface area contributed by atoms with E-state index in [0.29, 0.717) is 31.4 Å². The average Bonchev–Trinajstić information content (AvgIpc) is 3.24. The fourth-order valence-electron chi connectivity index (χ4n) is 2.05. The number of hydroxylamine groups is 1. The predicted octanol–water partition coefficient (Wildman–Crippen LogP) is -0.603. The van der Waals surface area contributed by atoms with Gasteiger partial charge in [-0.3, -0.25) is 9.79 Å². The van der Waals surface area contributed by atoms with Crippen LogP contribution < -0.4 is 16.1 Å². The van der Waals surface area contributed by atoms with Gasteiger partial charge in [0.1, 0.15) is 6.42 Å². The molecule has 1 aromatic heterocycles. The number of carbonyl (C=O) groups excluding carboxylic acids is 2. The van der Waals surface area contributed by atoms with Gasteiger partial charge in [0.2, 0.25) is 12.1 Å². The van der Waals surface area contributed by atoms with Crippen LogP contribution in [-0.2, 0) is 24.9 Å². The second kappa shape index (κ2) is 8.13. The summed E-state index contributed by atoms with van der Waals surface area (Å²) in [5, 5.41) is 9.74. The van der Waals surface area contributed by atoms with E-state index in [0.717, 1.165) is 6.42 Å². The third-order valence-corrected chi connectivity index (χ3v) is 3.00. The summed E-state index contributed by atoms with van der Waals surface area (Å²) in [6.45, 7) is 3.58. The molecule has 2 heterocycles. The molecule has 1 aliphatic heterocycles. The molecular formula is C13H19N5O5. The number of rotatable bonds is 9. The molecule has 0 bridgehead atoms. The van der Waals surface area contributed by atoms with E-state index >= 15 is 0 Å². The Balaban J connectivity index is 2.24. The van der Waals surface area contributed by atoms with Crippen LogP contribution in [0.2, 0.25) is 0 Å². The molecule has 0 fully saturated rings. The summed E-state index contributed by atoms with van der Waals surface area (Å²) in [6.07, 6.45) is 2.17. The van der Waals surface area contributed by atoms with Crippen molar-refractivity contribution in [1.82, 2.24) is 21.3 Å². The molecule has 23 heavy (non-hydrogen) atoms. The molecular weight excluding hydrogens is 306 g/mol. The maximum Gasteiger partial charge on any atom is 0.337 e. The molecule has 0 saturated carbocycles. The average molecular weight is 325 g/mol. The van der Waals surface area contributed by atoms with E-state index in [1.54, 1.807) is 6.07 Å². The Hall–Kier alpha value is -2.62. The lowest BCUT2D eigenvalue weighted by molar-refractivity contribution is -0.166. The number of nitrogens with zero attached hydrogens (tertiary/aromatic N) is 2. The minimum Gasteiger partial charge on any atom is -0.356 e. The topological polar surface area (TPSA) is 127 Å². The highest BCUT2D eigenvalue weighted by Crippen LogP contribution is 2.27. The maximum atomic E-state index is 12.0. The largest absolute Gasteiger partial charge is 0.356 e. The molecule has 1 atom stereocenters. The first-order chi connectivity index (χ1) is 11.2. The van der Waals surface area contributed by atoms with Gasteiger partial charge >= 0.3 is 5.97 Å². The number of nitrogens with one attached hydrogen (secondary N) is 3. The van der Waals surface area contributed by atoms with Crippen LogP contribution in [0.4, 0.5) is 0 Å². The van der Waals surface area contributed by atoms with E-state index in [9.17, 15) is 9.59 Å². The van der Waals surface area contributed by atoms with Crippen LogP contribution in [0.3, 0.4) is 0 Å². The summed E-state index contributed by atoms with van der Waals surface area (Å²) in [6, 6.07) is 1.58. The van der Waals surface area contributed by atoms with Crippen molar-refractivity contribution in [2.45, 2.75) is 25.5 Å². The van der Waals surface area contributed by atoms with Gasteiger partial charge in [-0.15, -0.1) is 0 Å². The standard InChI is InChI=1S/C13H19N5O5/c1-2-7-21-13(10-3-4-16-22-10,8-11(20)23-17-9-19)18-12-14-5-6-15-12/h3-4,9H,2,5-8H2,1H3,(H,17,19)(H2,14,15,18). The highest BCUT2D eigenvalue weighted by molar-refractivity contribution is 5.83. The second-order valence-corrected chi connectivity index (χ2v) is 4.72. The number of carbonyl (C=O) groups is 2. The van der Waals surface area contributed by atoms with Gasteiger partial charge in [0.15, 0.2) is 11.7 Å². The first kappa shape index (κ1) is 16.7. The van der Waals surface area contributed by atoms with Crippen LogP contribution in [0.15, 0.2) is 21.8 Å². The minimum atomic E-state index is -1.34. The third kappa shape index (κ3) is 4.42. The van der Waals surface area contributed by atoms with Crippen molar-refractivity contribution < 1.29 is 23.7 Å². The summed E-state index contributed by atoms with van der Waals surface area (Å²) in [5.74, 6) is 0.0646. The zero-order valence-corrected chi connectivity index (χ0v) is 12.7. The summed E-state index contributed by atoms with van der Waals surface area (Å²) >= 11 is 0. The van der Waals surface area contributed by atoms with Crippen LogP contribution in [0.1, 0.15) is 25.5 Å². The predicted molar refractivity (Wildman–Crippen MR) is 77.8 cm³/mol. The quantitative estimate of drug-likeness (QED) is 0.312. The lowest BCUT2D eigenvalue weighted by Crippen LogP contribution is -2.52. The first-order valence-corrected chi connectivity index (χ1v) is 7.20. The molecule has 3 N–H and O–H groups in total. The fourth-order valence-corrected chi connectivity index (χ4v) is 2.05. The summed E-state index contributed by atoms with van der Waals surface area (Å²) in [7, 11) is 0. The molecule has 1 amide bonds. The molecule has 10 nitrogen and oxygen atoms in total. The monoisotopic (exact) mass is 325 g/mol. The van der Waals surface area contributed by atoms with Crippen molar-refractivity contribution in [3.05, 3.63) is 18.0 Å². The van der Waals surface area contributed by atoms with Crippen LogP contribution in [0, 0.1) is 0 Å². The number of ether oxygens (including phenoxy) is 1. The lowest BCUT2D eigenvalue weighted by atomic mass is 10.1. The zero-order valence-electron chi connectivity index (χ0n) is 12.7. The number of amides is 1. The van der Waals surface area contributed by atoms with E-state index < -0.39 is 11.7 Å². The van der Waals surface area contributed by atoms with Crippen molar-refractivity contribution in [3.8, 4) is 0 Å². The van der Waals surface area contributed by atoms with Gasteiger partial charge in [-0.2, -0.15) is 5.48 Å². The van der Waals surface area contributed by atoms with Crippen molar-refractivity contribution in [2.75, 3.05) is 19.7 Å². The molecule has 0 saturated heterocycles.